The van der Waals surface area contributed by atoms with Crippen LogP contribution in [-0.2, 0) is 0 Å². The fourth-order valence-corrected chi connectivity index (χ4v) is 2.78. The van der Waals surface area contributed by atoms with E-state index in [0.29, 0.717) is 5.02 Å². The van der Waals surface area contributed by atoms with E-state index in [0.717, 1.165) is 27.8 Å². The van der Waals surface area contributed by atoms with Crippen LogP contribution >= 0.6 is 22.9 Å². The lowest BCUT2D eigenvalue weighted by atomic mass is 10.2. The minimum Gasteiger partial charge on any atom is -0.316 e. The molecule has 0 unspecified atom stereocenters. The van der Waals surface area contributed by atoms with Gasteiger partial charge in [-0.25, -0.2) is 9.97 Å². The van der Waals surface area contributed by atoms with Crippen molar-refractivity contribution in [1.29, 1.82) is 0 Å². The van der Waals surface area contributed by atoms with Gasteiger partial charge in [0.15, 0.2) is 5.13 Å². The molecule has 0 saturated carbocycles. The van der Waals surface area contributed by atoms with Crippen molar-refractivity contribution in [1.82, 2.24) is 9.97 Å². The molecule has 3 rings (SSSR count). The number of aromatic nitrogens is 2. The monoisotopic (exact) mass is 301 g/mol. The Morgan fingerprint density at radius 1 is 1.15 bits per heavy atom. The molecule has 3 nitrogen and oxygen atoms in total. The van der Waals surface area contributed by atoms with Crippen LogP contribution in [0.25, 0.3) is 11.3 Å². The summed E-state index contributed by atoms with van der Waals surface area (Å²) < 4.78 is 0. The maximum Gasteiger partial charge on any atom is 0.188 e. The second kappa shape index (κ2) is 5.61. The molecule has 0 aliphatic heterocycles. The SMILES string of the molecule is Cc1cccnc1Nc1nc(-c2ccccc2Cl)cs1. The van der Waals surface area contributed by atoms with Crippen LogP contribution in [0.4, 0.5) is 10.9 Å². The van der Waals surface area contributed by atoms with Crippen molar-refractivity contribution in [3.05, 3.63) is 58.6 Å². The van der Waals surface area contributed by atoms with Gasteiger partial charge in [-0.1, -0.05) is 35.9 Å². The van der Waals surface area contributed by atoms with Gasteiger partial charge in [-0.3, -0.25) is 0 Å². The van der Waals surface area contributed by atoms with Gasteiger partial charge in [0, 0.05) is 22.2 Å². The van der Waals surface area contributed by atoms with Crippen molar-refractivity contribution in [3.8, 4) is 11.3 Å². The second-order valence-electron chi connectivity index (χ2n) is 4.31. The largest absolute Gasteiger partial charge is 0.316 e. The van der Waals surface area contributed by atoms with Gasteiger partial charge < -0.3 is 5.32 Å². The first kappa shape index (κ1) is 13.1. The molecule has 0 fully saturated rings. The molecular formula is C15H12ClN3S. The molecule has 0 atom stereocenters. The summed E-state index contributed by atoms with van der Waals surface area (Å²) in [4.78, 5) is 8.86. The fourth-order valence-electron chi connectivity index (χ4n) is 1.84. The van der Waals surface area contributed by atoms with Gasteiger partial charge >= 0.3 is 0 Å². The molecule has 0 radical (unpaired) electrons. The van der Waals surface area contributed by atoms with Crippen LogP contribution in [0.3, 0.4) is 0 Å². The van der Waals surface area contributed by atoms with Crippen LogP contribution in [0.15, 0.2) is 48.0 Å². The van der Waals surface area contributed by atoms with Crippen molar-refractivity contribution >= 4 is 33.9 Å². The highest BCUT2D eigenvalue weighted by Gasteiger charge is 2.08. The highest BCUT2D eigenvalue weighted by molar-refractivity contribution is 7.14. The van der Waals surface area contributed by atoms with Crippen LogP contribution in [0, 0.1) is 6.92 Å². The Morgan fingerprint density at radius 2 is 2.00 bits per heavy atom. The first-order valence-corrected chi connectivity index (χ1v) is 7.39. The number of halogens is 1. The number of rotatable bonds is 3. The number of benzene rings is 1. The van der Waals surface area contributed by atoms with Crippen molar-refractivity contribution in [2.75, 3.05) is 5.32 Å². The highest BCUT2D eigenvalue weighted by atomic mass is 35.5. The summed E-state index contributed by atoms with van der Waals surface area (Å²) in [5, 5.41) is 6.74. The second-order valence-corrected chi connectivity index (χ2v) is 5.58. The van der Waals surface area contributed by atoms with E-state index in [1.165, 1.54) is 11.3 Å². The molecule has 1 N–H and O–H groups in total. The van der Waals surface area contributed by atoms with Gasteiger partial charge in [-0.15, -0.1) is 11.3 Å². The smallest absolute Gasteiger partial charge is 0.188 e. The maximum atomic E-state index is 6.19. The summed E-state index contributed by atoms with van der Waals surface area (Å²) in [6, 6.07) is 11.6. The van der Waals surface area contributed by atoms with Gasteiger partial charge in [-0.05, 0) is 24.6 Å². The number of pyridine rings is 1. The van der Waals surface area contributed by atoms with Crippen LogP contribution in [0.2, 0.25) is 5.02 Å². The first-order valence-electron chi connectivity index (χ1n) is 6.13. The molecule has 5 heteroatoms. The van der Waals surface area contributed by atoms with Crippen LogP contribution < -0.4 is 5.32 Å². The van der Waals surface area contributed by atoms with Crippen LogP contribution in [0.5, 0.6) is 0 Å². The molecule has 2 aromatic heterocycles. The zero-order valence-corrected chi connectivity index (χ0v) is 12.4. The number of hydrogen-bond donors (Lipinski definition) is 1. The van der Waals surface area contributed by atoms with Gasteiger partial charge in [0.25, 0.3) is 0 Å². The third kappa shape index (κ3) is 2.66. The Labute approximate surface area is 126 Å². The third-order valence-corrected chi connectivity index (χ3v) is 3.98. The van der Waals surface area contributed by atoms with Crippen molar-refractivity contribution in [2.24, 2.45) is 0 Å². The van der Waals surface area contributed by atoms with Crippen LogP contribution in [0.1, 0.15) is 5.56 Å². The molecule has 0 amide bonds. The lowest BCUT2D eigenvalue weighted by Gasteiger charge is -2.04. The molecule has 1 aromatic carbocycles. The van der Waals surface area contributed by atoms with E-state index in [9.17, 15) is 0 Å². The number of nitrogens with one attached hydrogen (secondary N) is 1. The Balaban J connectivity index is 1.88. The predicted octanol–water partition coefficient (Wildman–Crippen LogP) is 4.91. The van der Waals surface area contributed by atoms with Gasteiger partial charge in [-0.2, -0.15) is 0 Å². The average molecular weight is 302 g/mol. The Morgan fingerprint density at radius 3 is 2.80 bits per heavy atom. The zero-order valence-electron chi connectivity index (χ0n) is 10.8. The molecule has 2 heterocycles. The molecule has 0 aliphatic carbocycles. The first-order chi connectivity index (χ1) is 9.74. The number of aryl methyl sites for hydroxylation is 1. The molecule has 0 bridgehead atoms. The molecule has 0 aliphatic rings. The number of thiazole rings is 1. The molecule has 0 saturated heterocycles. The van der Waals surface area contributed by atoms with Crippen LogP contribution in [-0.4, -0.2) is 9.97 Å². The number of hydrogen-bond acceptors (Lipinski definition) is 4. The van der Waals surface area contributed by atoms with E-state index >= 15 is 0 Å². The number of nitrogens with zero attached hydrogens (tertiary/aromatic N) is 2. The van der Waals surface area contributed by atoms with Crippen molar-refractivity contribution in [2.45, 2.75) is 6.92 Å². The summed E-state index contributed by atoms with van der Waals surface area (Å²) >= 11 is 7.72. The lowest BCUT2D eigenvalue weighted by Crippen LogP contribution is -1.95. The summed E-state index contributed by atoms with van der Waals surface area (Å²) in [5.74, 6) is 0.826. The van der Waals surface area contributed by atoms with Gasteiger partial charge in [0.05, 0.1) is 5.69 Å². The van der Waals surface area contributed by atoms with E-state index < -0.39 is 0 Å². The van der Waals surface area contributed by atoms with Crippen molar-refractivity contribution in [3.63, 3.8) is 0 Å². The summed E-state index contributed by atoms with van der Waals surface area (Å²) in [7, 11) is 0. The average Bonchev–Trinajstić information content (AvgIpc) is 2.90. The summed E-state index contributed by atoms with van der Waals surface area (Å²) in [6.07, 6.45) is 1.76. The summed E-state index contributed by atoms with van der Waals surface area (Å²) in [5.41, 5.74) is 2.90. The lowest BCUT2D eigenvalue weighted by molar-refractivity contribution is 1.24. The number of anilines is 2. The van der Waals surface area contributed by atoms with E-state index in [4.69, 9.17) is 11.6 Å². The predicted molar refractivity (Wildman–Crippen MR) is 84.8 cm³/mol. The van der Waals surface area contributed by atoms with E-state index in [-0.39, 0.29) is 0 Å². The molecule has 3 aromatic rings. The normalized spacial score (nSPS) is 10.5. The molecule has 20 heavy (non-hydrogen) atoms. The minimum absolute atomic E-state index is 0.707. The van der Waals surface area contributed by atoms with E-state index in [2.05, 4.69) is 15.3 Å². The highest BCUT2D eigenvalue weighted by Crippen LogP contribution is 2.31. The van der Waals surface area contributed by atoms with Crippen molar-refractivity contribution < 1.29 is 0 Å². The Kier molecular flexibility index (Phi) is 3.67. The fraction of sp³-hybridized carbons (Fsp3) is 0.0667. The third-order valence-electron chi connectivity index (χ3n) is 2.89. The molecule has 100 valence electrons. The van der Waals surface area contributed by atoms with Gasteiger partial charge in [0.1, 0.15) is 5.82 Å². The molecular weight excluding hydrogens is 290 g/mol. The minimum atomic E-state index is 0.707. The quantitative estimate of drug-likeness (QED) is 0.747. The standard InChI is InChI=1S/C15H12ClN3S/c1-10-5-4-8-17-14(10)19-15-18-13(9-20-15)11-6-2-3-7-12(11)16/h2-9H,1H3,(H,17,18,19). The maximum absolute atomic E-state index is 6.19. The molecule has 0 spiro atoms. The van der Waals surface area contributed by atoms with Gasteiger partial charge in [0.2, 0.25) is 0 Å². The van der Waals surface area contributed by atoms with E-state index in [1.807, 2.05) is 48.7 Å². The van der Waals surface area contributed by atoms with E-state index in [1.54, 1.807) is 6.20 Å². The Bertz CT molecular complexity index is 739. The zero-order chi connectivity index (χ0) is 13.9. The summed E-state index contributed by atoms with van der Waals surface area (Å²) in [6.45, 7) is 2.01. The topological polar surface area (TPSA) is 37.8 Å². The Hall–Kier alpha value is -1.91.